The van der Waals surface area contributed by atoms with Gasteiger partial charge in [-0.1, -0.05) is 26.7 Å². The van der Waals surface area contributed by atoms with Crippen LogP contribution in [0.1, 0.15) is 46.0 Å². The minimum absolute atomic E-state index is 0.0174. The number of amides is 2. The van der Waals surface area contributed by atoms with Crippen LogP contribution in [-0.4, -0.2) is 48.6 Å². The van der Waals surface area contributed by atoms with Gasteiger partial charge in [-0.2, -0.15) is 0 Å². The molecule has 0 aromatic carbocycles. The Bertz CT molecular complexity index is 353. The molecule has 2 amide bonds. The number of nitrogens with zero attached hydrogens (tertiary/aromatic N) is 1. The number of hydrogen-bond donors (Lipinski definition) is 1. The van der Waals surface area contributed by atoms with Gasteiger partial charge in [0.2, 0.25) is 11.8 Å². The SMILES string of the molecule is CCCC1NC(=O)C(CCC)N(CC2CCOC2)C1=O. The van der Waals surface area contributed by atoms with Crippen LogP contribution in [0.3, 0.4) is 0 Å². The van der Waals surface area contributed by atoms with Gasteiger partial charge in [0.05, 0.1) is 6.61 Å². The largest absolute Gasteiger partial charge is 0.381 e. The first kappa shape index (κ1) is 15.3. The quantitative estimate of drug-likeness (QED) is 0.799. The zero-order valence-corrected chi connectivity index (χ0v) is 12.6. The molecule has 5 heteroatoms. The van der Waals surface area contributed by atoms with Crippen molar-refractivity contribution in [2.45, 2.75) is 58.0 Å². The van der Waals surface area contributed by atoms with Gasteiger partial charge >= 0.3 is 0 Å². The molecule has 114 valence electrons. The first-order valence-corrected chi connectivity index (χ1v) is 7.86. The Morgan fingerprint density at radius 2 is 2.00 bits per heavy atom. The molecule has 2 heterocycles. The van der Waals surface area contributed by atoms with Crippen molar-refractivity contribution < 1.29 is 14.3 Å². The van der Waals surface area contributed by atoms with Crippen molar-refractivity contribution in [2.24, 2.45) is 5.92 Å². The third-order valence-electron chi connectivity index (χ3n) is 4.19. The predicted molar refractivity (Wildman–Crippen MR) is 76.2 cm³/mol. The predicted octanol–water partition coefficient (Wildman–Crippen LogP) is 1.32. The number of piperazine rings is 1. The average molecular weight is 282 g/mol. The number of carbonyl (C=O) groups is 2. The smallest absolute Gasteiger partial charge is 0.245 e. The molecule has 0 saturated carbocycles. The minimum Gasteiger partial charge on any atom is -0.381 e. The van der Waals surface area contributed by atoms with E-state index < -0.39 is 0 Å². The second-order valence-electron chi connectivity index (χ2n) is 5.87. The summed E-state index contributed by atoms with van der Waals surface area (Å²) in [6.07, 6.45) is 4.25. The van der Waals surface area contributed by atoms with Crippen LogP contribution >= 0.6 is 0 Å². The molecule has 2 fully saturated rings. The summed E-state index contributed by atoms with van der Waals surface area (Å²) in [5, 5.41) is 2.90. The molecular formula is C15H26N2O3. The number of ether oxygens (including phenoxy) is 1. The highest BCUT2D eigenvalue weighted by molar-refractivity contribution is 5.96. The fraction of sp³-hybridized carbons (Fsp3) is 0.867. The third-order valence-corrected chi connectivity index (χ3v) is 4.19. The summed E-state index contributed by atoms with van der Waals surface area (Å²) >= 11 is 0. The molecule has 0 aromatic heterocycles. The summed E-state index contributed by atoms with van der Waals surface area (Å²) in [5.74, 6) is 0.493. The molecular weight excluding hydrogens is 256 g/mol. The number of hydrogen-bond acceptors (Lipinski definition) is 3. The van der Waals surface area contributed by atoms with Crippen LogP contribution in [0.5, 0.6) is 0 Å². The molecule has 5 nitrogen and oxygen atoms in total. The maximum absolute atomic E-state index is 12.6. The van der Waals surface area contributed by atoms with E-state index in [1.54, 1.807) is 0 Å². The Kier molecular flexibility index (Phi) is 5.40. The van der Waals surface area contributed by atoms with Gasteiger partial charge in [-0.05, 0) is 19.3 Å². The molecule has 0 aliphatic carbocycles. The highest BCUT2D eigenvalue weighted by Crippen LogP contribution is 2.22. The summed E-state index contributed by atoms with van der Waals surface area (Å²) in [7, 11) is 0. The van der Waals surface area contributed by atoms with Crippen LogP contribution in [0.15, 0.2) is 0 Å². The van der Waals surface area contributed by atoms with Gasteiger partial charge < -0.3 is 15.0 Å². The summed E-state index contributed by atoms with van der Waals surface area (Å²) in [5.41, 5.74) is 0. The molecule has 2 saturated heterocycles. The zero-order chi connectivity index (χ0) is 14.5. The van der Waals surface area contributed by atoms with Crippen molar-refractivity contribution >= 4 is 11.8 Å². The molecule has 3 unspecified atom stereocenters. The Hall–Kier alpha value is -1.10. The van der Waals surface area contributed by atoms with Gasteiger partial charge in [-0.15, -0.1) is 0 Å². The van der Waals surface area contributed by atoms with E-state index in [-0.39, 0.29) is 23.9 Å². The van der Waals surface area contributed by atoms with Gasteiger partial charge in [0.15, 0.2) is 0 Å². The molecule has 2 aliphatic heterocycles. The van der Waals surface area contributed by atoms with Crippen LogP contribution in [0, 0.1) is 5.92 Å². The molecule has 1 N–H and O–H groups in total. The second kappa shape index (κ2) is 7.07. The van der Waals surface area contributed by atoms with Crippen molar-refractivity contribution in [3.63, 3.8) is 0 Å². The van der Waals surface area contributed by atoms with Crippen molar-refractivity contribution in [3.8, 4) is 0 Å². The van der Waals surface area contributed by atoms with E-state index in [0.29, 0.717) is 19.1 Å². The normalized spacial score (nSPS) is 30.7. The van der Waals surface area contributed by atoms with Crippen LogP contribution in [0.2, 0.25) is 0 Å². The lowest BCUT2D eigenvalue weighted by Crippen LogP contribution is -2.63. The van der Waals surface area contributed by atoms with Gasteiger partial charge in [-0.25, -0.2) is 0 Å². The standard InChI is InChI=1S/C15H26N2O3/c1-3-5-12-15(19)17(9-11-7-8-20-10-11)13(6-4-2)14(18)16-12/h11-13H,3-10H2,1-2H3,(H,16,18). The van der Waals surface area contributed by atoms with Crippen molar-refractivity contribution in [3.05, 3.63) is 0 Å². The Balaban J connectivity index is 2.09. The minimum atomic E-state index is -0.331. The summed E-state index contributed by atoms with van der Waals surface area (Å²) in [6.45, 7) is 6.23. The van der Waals surface area contributed by atoms with Gasteiger partial charge in [0.1, 0.15) is 12.1 Å². The monoisotopic (exact) mass is 282 g/mol. The summed E-state index contributed by atoms with van der Waals surface area (Å²) in [6, 6.07) is -0.621. The molecule has 0 bridgehead atoms. The van der Waals surface area contributed by atoms with E-state index in [2.05, 4.69) is 5.32 Å². The van der Waals surface area contributed by atoms with Crippen molar-refractivity contribution in [1.82, 2.24) is 10.2 Å². The topological polar surface area (TPSA) is 58.6 Å². The fourth-order valence-electron chi connectivity index (χ4n) is 3.09. The molecule has 0 radical (unpaired) electrons. The van der Waals surface area contributed by atoms with Crippen molar-refractivity contribution in [2.75, 3.05) is 19.8 Å². The maximum atomic E-state index is 12.6. The number of nitrogens with one attached hydrogen (secondary N) is 1. The molecule has 2 rings (SSSR count). The lowest BCUT2D eigenvalue weighted by molar-refractivity contribution is -0.150. The Labute approximate surface area is 121 Å². The maximum Gasteiger partial charge on any atom is 0.245 e. The number of carbonyl (C=O) groups excluding carboxylic acids is 2. The Morgan fingerprint density at radius 1 is 1.25 bits per heavy atom. The van der Waals surface area contributed by atoms with E-state index in [9.17, 15) is 9.59 Å². The van der Waals surface area contributed by atoms with Crippen LogP contribution < -0.4 is 5.32 Å². The van der Waals surface area contributed by atoms with Crippen LogP contribution in [-0.2, 0) is 14.3 Å². The lowest BCUT2D eigenvalue weighted by Gasteiger charge is -2.40. The molecule has 2 aliphatic rings. The first-order valence-electron chi connectivity index (χ1n) is 7.86. The highest BCUT2D eigenvalue weighted by atomic mass is 16.5. The van der Waals surface area contributed by atoms with E-state index in [0.717, 1.165) is 38.7 Å². The molecule has 0 aromatic rings. The van der Waals surface area contributed by atoms with Gasteiger partial charge in [0, 0.05) is 19.1 Å². The van der Waals surface area contributed by atoms with E-state index in [4.69, 9.17) is 4.74 Å². The van der Waals surface area contributed by atoms with Crippen LogP contribution in [0.25, 0.3) is 0 Å². The average Bonchev–Trinajstić information content (AvgIpc) is 2.93. The van der Waals surface area contributed by atoms with E-state index in [1.807, 2.05) is 18.7 Å². The lowest BCUT2D eigenvalue weighted by atomic mass is 9.98. The zero-order valence-electron chi connectivity index (χ0n) is 12.6. The second-order valence-corrected chi connectivity index (χ2v) is 5.87. The summed E-state index contributed by atoms with van der Waals surface area (Å²) in [4.78, 5) is 26.7. The fourth-order valence-corrected chi connectivity index (χ4v) is 3.09. The summed E-state index contributed by atoms with van der Waals surface area (Å²) < 4.78 is 5.39. The van der Waals surface area contributed by atoms with Crippen LogP contribution in [0.4, 0.5) is 0 Å². The van der Waals surface area contributed by atoms with E-state index in [1.165, 1.54) is 0 Å². The molecule has 0 spiro atoms. The van der Waals surface area contributed by atoms with Gasteiger partial charge in [0.25, 0.3) is 0 Å². The molecule has 3 atom stereocenters. The Morgan fingerprint density at radius 3 is 2.60 bits per heavy atom. The number of rotatable bonds is 6. The van der Waals surface area contributed by atoms with Gasteiger partial charge in [-0.3, -0.25) is 9.59 Å². The highest BCUT2D eigenvalue weighted by Gasteiger charge is 2.40. The molecule has 20 heavy (non-hydrogen) atoms. The third kappa shape index (κ3) is 3.32. The van der Waals surface area contributed by atoms with E-state index >= 15 is 0 Å². The van der Waals surface area contributed by atoms with Crippen molar-refractivity contribution in [1.29, 1.82) is 0 Å². The first-order chi connectivity index (χ1) is 9.67.